The molecule has 0 aliphatic carbocycles. The van der Waals surface area contributed by atoms with Crippen molar-refractivity contribution in [1.29, 1.82) is 0 Å². The highest BCUT2D eigenvalue weighted by atomic mass is 32.2. The lowest BCUT2D eigenvalue weighted by Crippen LogP contribution is -1.98. The van der Waals surface area contributed by atoms with Gasteiger partial charge < -0.3 is 0 Å². The summed E-state index contributed by atoms with van der Waals surface area (Å²) in [7, 11) is -3.18. The van der Waals surface area contributed by atoms with Gasteiger partial charge >= 0.3 is 0 Å². The molecule has 2 aromatic rings. The van der Waals surface area contributed by atoms with Gasteiger partial charge in [-0.3, -0.25) is 4.98 Å². The van der Waals surface area contributed by atoms with E-state index in [0.717, 1.165) is 10.4 Å². The predicted molar refractivity (Wildman–Crippen MR) is 60.7 cm³/mol. The van der Waals surface area contributed by atoms with E-state index in [0.29, 0.717) is 4.90 Å². The first kappa shape index (κ1) is 10.3. The van der Waals surface area contributed by atoms with Crippen molar-refractivity contribution in [3.8, 4) is 10.4 Å². The van der Waals surface area contributed by atoms with Gasteiger partial charge in [0.2, 0.25) is 0 Å². The first-order valence-electron chi connectivity index (χ1n) is 4.27. The van der Waals surface area contributed by atoms with E-state index in [2.05, 4.69) is 4.98 Å². The van der Waals surface area contributed by atoms with Crippen LogP contribution in [0.3, 0.4) is 0 Å². The van der Waals surface area contributed by atoms with Crippen LogP contribution in [-0.2, 0) is 9.84 Å². The molecule has 3 nitrogen and oxygen atoms in total. The zero-order valence-corrected chi connectivity index (χ0v) is 9.68. The van der Waals surface area contributed by atoms with Gasteiger partial charge in [-0.2, -0.15) is 0 Å². The van der Waals surface area contributed by atoms with E-state index in [1.165, 1.54) is 17.6 Å². The first-order valence-corrected chi connectivity index (χ1v) is 7.04. The van der Waals surface area contributed by atoms with E-state index in [1.807, 2.05) is 6.07 Å². The normalized spacial score (nSPS) is 11.5. The van der Waals surface area contributed by atoms with E-state index in [-0.39, 0.29) is 0 Å². The third-order valence-electron chi connectivity index (χ3n) is 1.98. The summed E-state index contributed by atoms with van der Waals surface area (Å²) in [5, 5.41) is 0. The summed E-state index contributed by atoms with van der Waals surface area (Å²) in [4.78, 5) is 5.17. The van der Waals surface area contributed by atoms with Gasteiger partial charge in [-0.1, -0.05) is 18.2 Å². The van der Waals surface area contributed by atoms with Crippen LogP contribution < -0.4 is 0 Å². The molecule has 0 unspecified atom stereocenters. The van der Waals surface area contributed by atoms with Crippen molar-refractivity contribution in [3.63, 3.8) is 0 Å². The van der Waals surface area contributed by atoms with Crippen LogP contribution in [0.2, 0.25) is 0 Å². The molecule has 0 atom stereocenters. The van der Waals surface area contributed by atoms with E-state index < -0.39 is 9.84 Å². The molecule has 0 saturated heterocycles. The van der Waals surface area contributed by atoms with E-state index in [4.69, 9.17) is 0 Å². The molecule has 78 valence electrons. The largest absolute Gasteiger partial charge is 0.252 e. The average molecular weight is 239 g/mol. The average Bonchev–Trinajstić information content (AvgIpc) is 2.69. The van der Waals surface area contributed by atoms with Crippen molar-refractivity contribution in [2.24, 2.45) is 0 Å². The molecule has 0 spiro atoms. The first-order chi connectivity index (χ1) is 7.09. The number of hydrogen-bond donors (Lipinski definition) is 0. The number of aromatic nitrogens is 1. The maximum absolute atomic E-state index is 11.5. The molecule has 0 amide bonds. The van der Waals surface area contributed by atoms with Crippen LogP contribution in [0.1, 0.15) is 0 Å². The second-order valence-corrected chi connectivity index (χ2v) is 6.00. The Balaban J connectivity index is 2.68. The second kappa shape index (κ2) is 3.75. The maximum atomic E-state index is 11.5. The van der Waals surface area contributed by atoms with Crippen molar-refractivity contribution in [3.05, 3.63) is 36.0 Å². The lowest BCUT2D eigenvalue weighted by Gasteiger charge is -2.04. The van der Waals surface area contributed by atoms with E-state index in [1.54, 1.807) is 29.9 Å². The Morgan fingerprint density at radius 1 is 1.27 bits per heavy atom. The van der Waals surface area contributed by atoms with Gasteiger partial charge in [-0.15, -0.1) is 11.3 Å². The number of thiazole rings is 1. The van der Waals surface area contributed by atoms with Gasteiger partial charge in [-0.05, 0) is 6.07 Å². The topological polar surface area (TPSA) is 47.0 Å². The summed E-state index contributed by atoms with van der Waals surface area (Å²) in [5.41, 5.74) is 2.41. The molecular formula is C10H9NO2S2. The number of sulfone groups is 1. The zero-order valence-electron chi connectivity index (χ0n) is 8.04. The summed E-state index contributed by atoms with van der Waals surface area (Å²) in [6, 6.07) is 6.96. The number of nitrogens with zero attached hydrogens (tertiary/aromatic N) is 1. The lowest BCUT2D eigenvalue weighted by atomic mass is 10.2. The zero-order chi connectivity index (χ0) is 10.9. The molecule has 0 radical (unpaired) electrons. The van der Waals surface area contributed by atoms with Crippen LogP contribution in [0.15, 0.2) is 40.9 Å². The molecule has 2 rings (SSSR count). The van der Waals surface area contributed by atoms with Crippen LogP contribution >= 0.6 is 11.3 Å². The third-order valence-corrected chi connectivity index (χ3v) is 3.95. The summed E-state index contributed by atoms with van der Waals surface area (Å²) in [6.07, 6.45) is 2.89. The molecule has 0 aliphatic heterocycles. The highest BCUT2D eigenvalue weighted by molar-refractivity contribution is 7.90. The van der Waals surface area contributed by atoms with Gasteiger partial charge in [-0.25, -0.2) is 8.42 Å². The van der Waals surface area contributed by atoms with Gasteiger partial charge in [0, 0.05) is 18.0 Å². The molecule has 0 fully saturated rings. The van der Waals surface area contributed by atoms with Crippen molar-refractivity contribution >= 4 is 21.2 Å². The summed E-state index contributed by atoms with van der Waals surface area (Å²) >= 11 is 1.43. The van der Waals surface area contributed by atoms with Crippen molar-refractivity contribution in [2.75, 3.05) is 6.26 Å². The fraction of sp³-hybridized carbons (Fsp3) is 0.100. The molecule has 15 heavy (non-hydrogen) atoms. The molecule has 1 aromatic carbocycles. The third kappa shape index (κ3) is 2.08. The summed E-state index contributed by atoms with van der Waals surface area (Å²) < 4.78 is 23.1. The minimum atomic E-state index is -3.18. The highest BCUT2D eigenvalue weighted by Crippen LogP contribution is 2.29. The highest BCUT2D eigenvalue weighted by Gasteiger charge is 2.14. The van der Waals surface area contributed by atoms with Gasteiger partial charge in [0.05, 0.1) is 15.3 Å². The van der Waals surface area contributed by atoms with Crippen LogP contribution in [0.25, 0.3) is 10.4 Å². The van der Waals surface area contributed by atoms with Gasteiger partial charge in [0.15, 0.2) is 9.84 Å². The Hall–Kier alpha value is -1.20. The lowest BCUT2D eigenvalue weighted by molar-refractivity contribution is 0.602. The molecule has 1 aromatic heterocycles. The smallest absolute Gasteiger partial charge is 0.176 e. The Bertz CT molecular complexity index is 559. The number of hydrogen-bond acceptors (Lipinski definition) is 4. The minimum absolute atomic E-state index is 0.356. The summed E-state index contributed by atoms with van der Waals surface area (Å²) in [6.45, 7) is 0. The minimum Gasteiger partial charge on any atom is -0.252 e. The molecule has 1 heterocycles. The van der Waals surface area contributed by atoms with Gasteiger partial charge in [0.25, 0.3) is 0 Å². The monoisotopic (exact) mass is 239 g/mol. The van der Waals surface area contributed by atoms with Gasteiger partial charge in [0.1, 0.15) is 0 Å². The fourth-order valence-corrected chi connectivity index (χ4v) is 2.97. The van der Waals surface area contributed by atoms with E-state index in [9.17, 15) is 8.42 Å². The Labute approximate surface area is 92.3 Å². The number of rotatable bonds is 2. The van der Waals surface area contributed by atoms with Crippen LogP contribution in [0, 0.1) is 0 Å². The quantitative estimate of drug-likeness (QED) is 0.807. The maximum Gasteiger partial charge on any atom is 0.176 e. The number of benzene rings is 1. The molecular weight excluding hydrogens is 230 g/mol. The van der Waals surface area contributed by atoms with Crippen LogP contribution in [0.5, 0.6) is 0 Å². The molecule has 0 aliphatic rings. The van der Waals surface area contributed by atoms with E-state index >= 15 is 0 Å². The van der Waals surface area contributed by atoms with Crippen molar-refractivity contribution in [2.45, 2.75) is 4.90 Å². The second-order valence-electron chi connectivity index (χ2n) is 3.13. The molecule has 0 bridgehead atoms. The molecule has 0 N–H and O–H groups in total. The summed E-state index contributed by atoms with van der Waals surface area (Å²) in [5.74, 6) is 0. The Kier molecular flexibility index (Phi) is 2.58. The van der Waals surface area contributed by atoms with Crippen LogP contribution in [0.4, 0.5) is 0 Å². The SMILES string of the molecule is CS(=O)(=O)c1ccccc1-c1cncs1. The fourth-order valence-electron chi connectivity index (χ4n) is 1.34. The molecule has 0 saturated carbocycles. The predicted octanol–water partition coefficient (Wildman–Crippen LogP) is 2.21. The standard InChI is InChI=1S/C10H9NO2S2/c1-15(12,13)10-5-3-2-4-8(10)9-6-11-7-14-9/h2-7H,1H3. The van der Waals surface area contributed by atoms with Crippen LogP contribution in [-0.4, -0.2) is 19.7 Å². The Morgan fingerprint density at radius 3 is 2.60 bits per heavy atom. The van der Waals surface area contributed by atoms with Crippen molar-refractivity contribution < 1.29 is 8.42 Å². The molecule has 5 heteroatoms. The van der Waals surface area contributed by atoms with Crippen molar-refractivity contribution in [1.82, 2.24) is 4.98 Å². The Morgan fingerprint density at radius 2 is 2.00 bits per heavy atom.